The van der Waals surface area contributed by atoms with Crippen LogP contribution in [0.4, 0.5) is 14.5 Å². The van der Waals surface area contributed by atoms with Gasteiger partial charge in [-0.3, -0.25) is 4.79 Å². The van der Waals surface area contributed by atoms with E-state index in [2.05, 4.69) is 0 Å². The molecule has 0 N–H and O–H groups in total. The van der Waals surface area contributed by atoms with Gasteiger partial charge in [0.15, 0.2) is 23.1 Å². The second-order valence-corrected chi connectivity index (χ2v) is 6.29. The highest BCUT2D eigenvalue weighted by Gasteiger charge is 2.25. The lowest BCUT2D eigenvalue weighted by Crippen LogP contribution is -2.48. The van der Waals surface area contributed by atoms with E-state index < -0.39 is 11.6 Å². The molecule has 0 aromatic heterocycles. The van der Waals surface area contributed by atoms with E-state index in [9.17, 15) is 13.6 Å². The molecule has 1 aliphatic rings. The first-order chi connectivity index (χ1) is 13.5. The van der Waals surface area contributed by atoms with Crippen molar-refractivity contribution in [2.45, 2.75) is 0 Å². The van der Waals surface area contributed by atoms with E-state index in [1.54, 1.807) is 17.0 Å². The molecule has 0 bridgehead atoms. The largest absolute Gasteiger partial charge is 0.493 e. The topological polar surface area (TPSA) is 51.2 Å². The molecule has 0 saturated carbocycles. The number of anilines is 1. The number of nitrogens with zero attached hydrogens (tertiary/aromatic N) is 2. The number of carbonyl (C=O) groups excluding carboxylic acids is 1. The monoisotopic (exact) mass is 392 g/mol. The Bertz CT molecular complexity index is 842. The molecule has 0 unspecified atom stereocenters. The van der Waals surface area contributed by atoms with Gasteiger partial charge in [0.1, 0.15) is 0 Å². The summed E-state index contributed by atoms with van der Waals surface area (Å²) in [6, 6.07) is 7.05. The molecule has 0 atom stereocenters. The number of piperazine rings is 1. The average molecular weight is 392 g/mol. The molecule has 8 heteroatoms. The van der Waals surface area contributed by atoms with Gasteiger partial charge in [-0.15, -0.1) is 0 Å². The first-order valence-corrected chi connectivity index (χ1v) is 8.77. The smallest absolute Gasteiger partial charge is 0.254 e. The van der Waals surface area contributed by atoms with Crippen molar-refractivity contribution in [3.05, 3.63) is 47.5 Å². The van der Waals surface area contributed by atoms with E-state index in [0.717, 1.165) is 6.07 Å². The average Bonchev–Trinajstić information content (AvgIpc) is 2.74. The molecule has 0 radical (unpaired) electrons. The molecule has 1 saturated heterocycles. The quantitative estimate of drug-likeness (QED) is 0.783. The van der Waals surface area contributed by atoms with Crippen molar-refractivity contribution in [1.29, 1.82) is 0 Å². The zero-order valence-corrected chi connectivity index (χ0v) is 16.0. The van der Waals surface area contributed by atoms with Gasteiger partial charge in [-0.2, -0.15) is 0 Å². The van der Waals surface area contributed by atoms with Crippen LogP contribution in [-0.2, 0) is 0 Å². The van der Waals surface area contributed by atoms with Crippen LogP contribution < -0.4 is 19.1 Å². The Labute approximate surface area is 162 Å². The summed E-state index contributed by atoms with van der Waals surface area (Å²) in [6.07, 6.45) is 0. The van der Waals surface area contributed by atoms with Crippen molar-refractivity contribution in [2.24, 2.45) is 0 Å². The van der Waals surface area contributed by atoms with Crippen LogP contribution in [0.1, 0.15) is 10.4 Å². The lowest BCUT2D eigenvalue weighted by atomic mass is 10.1. The Morgan fingerprint density at radius 2 is 1.46 bits per heavy atom. The van der Waals surface area contributed by atoms with Crippen LogP contribution in [0, 0.1) is 11.6 Å². The maximum atomic E-state index is 13.5. The first-order valence-electron chi connectivity index (χ1n) is 8.77. The van der Waals surface area contributed by atoms with Gasteiger partial charge in [-0.1, -0.05) is 0 Å². The maximum absolute atomic E-state index is 13.5. The highest BCUT2D eigenvalue weighted by atomic mass is 19.2. The minimum absolute atomic E-state index is 0.163. The molecule has 3 rings (SSSR count). The van der Waals surface area contributed by atoms with E-state index in [4.69, 9.17) is 14.2 Å². The lowest BCUT2D eigenvalue weighted by Gasteiger charge is -2.36. The molecule has 28 heavy (non-hydrogen) atoms. The summed E-state index contributed by atoms with van der Waals surface area (Å²) in [5.41, 5.74) is 1.02. The van der Waals surface area contributed by atoms with Gasteiger partial charge in [-0.05, 0) is 24.3 Å². The van der Waals surface area contributed by atoms with Crippen molar-refractivity contribution >= 4 is 11.6 Å². The Hall–Kier alpha value is -3.03. The van der Waals surface area contributed by atoms with E-state index in [1.165, 1.54) is 33.5 Å². The molecule has 1 amide bonds. The minimum Gasteiger partial charge on any atom is -0.493 e. The molecule has 1 aliphatic heterocycles. The SMILES string of the molecule is COc1cc(C(=O)N2CCN(c3ccc(F)c(F)c3)CC2)cc(OC)c1OC. The van der Waals surface area contributed by atoms with Crippen LogP contribution in [-0.4, -0.2) is 58.3 Å². The molecule has 1 heterocycles. The summed E-state index contributed by atoms with van der Waals surface area (Å²) in [6.45, 7) is 1.94. The maximum Gasteiger partial charge on any atom is 0.254 e. The van der Waals surface area contributed by atoms with Crippen LogP contribution in [0.2, 0.25) is 0 Å². The van der Waals surface area contributed by atoms with Crippen LogP contribution in [0.25, 0.3) is 0 Å². The van der Waals surface area contributed by atoms with Crippen molar-refractivity contribution < 1.29 is 27.8 Å². The van der Waals surface area contributed by atoms with Gasteiger partial charge in [0.25, 0.3) is 5.91 Å². The number of carbonyl (C=O) groups is 1. The number of hydrogen-bond donors (Lipinski definition) is 0. The Kier molecular flexibility index (Phi) is 5.87. The van der Waals surface area contributed by atoms with Crippen molar-refractivity contribution in [3.8, 4) is 17.2 Å². The number of benzene rings is 2. The van der Waals surface area contributed by atoms with Crippen molar-refractivity contribution in [1.82, 2.24) is 4.90 Å². The summed E-state index contributed by atoms with van der Waals surface area (Å²) in [5.74, 6) is -0.682. The number of ether oxygens (including phenoxy) is 3. The van der Waals surface area contributed by atoms with Crippen LogP contribution in [0.5, 0.6) is 17.2 Å². The molecule has 2 aromatic carbocycles. The predicted molar refractivity (Wildman–Crippen MR) is 101 cm³/mol. The summed E-state index contributed by atoms with van der Waals surface area (Å²) >= 11 is 0. The third-order valence-electron chi connectivity index (χ3n) is 4.75. The molecular weight excluding hydrogens is 370 g/mol. The Morgan fingerprint density at radius 3 is 1.96 bits per heavy atom. The van der Waals surface area contributed by atoms with Gasteiger partial charge in [0.2, 0.25) is 5.75 Å². The standard InChI is InChI=1S/C20H22F2N2O4/c1-26-17-10-13(11-18(27-2)19(17)28-3)20(25)24-8-6-23(7-9-24)14-4-5-15(21)16(22)12-14/h4-5,10-12H,6-9H2,1-3H3. The fourth-order valence-corrected chi connectivity index (χ4v) is 3.24. The van der Waals surface area contributed by atoms with Gasteiger partial charge < -0.3 is 24.0 Å². The molecule has 6 nitrogen and oxygen atoms in total. The normalized spacial score (nSPS) is 14.0. The van der Waals surface area contributed by atoms with E-state index >= 15 is 0 Å². The fourth-order valence-electron chi connectivity index (χ4n) is 3.24. The Balaban J connectivity index is 1.74. The molecular formula is C20H22F2N2O4. The number of rotatable bonds is 5. The lowest BCUT2D eigenvalue weighted by molar-refractivity contribution is 0.0746. The minimum atomic E-state index is -0.881. The van der Waals surface area contributed by atoms with E-state index in [1.807, 2.05) is 4.90 Å². The third kappa shape index (κ3) is 3.81. The number of hydrogen-bond acceptors (Lipinski definition) is 5. The predicted octanol–water partition coefficient (Wildman–Crippen LogP) is 2.95. The van der Waals surface area contributed by atoms with Crippen LogP contribution >= 0.6 is 0 Å². The summed E-state index contributed by atoms with van der Waals surface area (Å²) in [7, 11) is 4.48. The van der Waals surface area contributed by atoms with E-state index in [-0.39, 0.29) is 5.91 Å². The van der Waals surface area contributed by atoms with Gasteiger partial charge >= 0.3 is 0 Å². The number of halogens is 2. The zero-order chi connectivity index (χ0) is 20.3. The second kappa shape index (κ2) is 8.33. The molecule has 150 valence electrons. The second-order valence-electron chi connectivity index (χ2n) is 6.29. The zero-order valence-electron chi connectivity index (χ0n) is 16.0. The van der Waals surface area contributed by atoms with Crippen LogP contribution in [0.15, 0.2) is 30.3 Å². The molecule has 0 aliphatic carbocycles. The summed E-state index contributed by atoms with van der Waals surface area (Å²) in [5, 5.41) is 0. The molecule has 0 spiro atoms. The highest BCUT2D eigenvalue weighted by molar-refractivity contribution is 5.95. The van der Waals surface area contributed by atoms with E-state index in [0.29, 0.717) is 54.7 Å². The fraction of sp³-hybridized carbons (Fsp3) is 0.350. The number of amides is 1. The van der Waals surface area contributed by atoms with Gasteiger partial charge in [-0.25, -0.2) is 8.78 Å². The molecule has 1 fully saturated rings. The van der Waals surface area contributed by atoms with Gasteiger partial charge in [0.05, 0.1) is 21.3 Å². The van der Waals surface area contributed by atoms with Gasteiger partial charge in [0, 0.05) is 43.5 Å². The van der Waals surface area contributed by atoms with Crippen molar-refractivity contribution in [3.63, 3.8) is 0 Å². The third-order valence-corrected chi connectivity index (χ3v) is 4.75. The van der Waals surface area contributed by atoms with Crippen molar-refractivity contribution in [2.75, 3.05) is 52.4 Å². The van der Waals surface area contributed by atoms with Crippen LogP contribution in [0.3, 0.4) is 0 Å². The summed E-state index contributed by atoms with van der Waals surface area (Å²) in [4.78, 5) is 16.5. The summed E-state index contributed by atoms with van der Waals surface area (Å²) < 4.78 is 42.5. The number of methoxy groups -OCH3 is 3. The highest BCUT2D eigenvalue weighted by Crippen LogP contribution is 2.38. The molecule has 2 aromatic rings. The first kappa shape index (κ1) is 19.7. The Morgan fingerprint density at radius 1 is 0.857 bits per heavy atom.